The number of aromatic nitrogens is 4. The van der Waals surface area contributed by atoms with Crippen molar-refractivity contribution in [3.63, 3.8) is 0 Å². The van der Waals surface area contributed by atoms with E-state index in [-0.39, 0.29) is 17.5 Å². The van der Waals surface area contributed by atoms with Crippen LogP contribution in [0.2, 0.25) is 5.28 Å². The molecule has 0 amide bonds. The van der Waals surface area contributed by atoms with E-state index in [2.05, 4.69) is 25.4 Å². The van der Waals surface area contributed by atoms with Crippen LogP contribution in [0.4, 0.5) is 0 Å². The smallest absolute Gasteiger partial charge is 0.255 e. The average molecular weight is 310 g/mol. The first kappa shape index (κ1) is 14.4. The zero-order chi connectivity index (χ0) is 14.7. The Labute approximate surface area is 127 Å². The number of rotatable bonds is 4. The standard InChI is InChI=1S/C13H16ClN5O2/c1-8(20-10-2-4-15-5-3-10)12-18-11(19-21-12)9-6-16-13(14)17-7-9/h6-8,10,15H,2-5H2,1H3/t8-/m1/s1. The van der Waals surface area contributed by atoms with Gasteiger partial charge in [0.15, 0.2) is 0 Å². The number of halogens is 1. The molecule has 0 saturated carbocycles. The molecule has 1 aliphatic rings. The second-order valence-electron chi connectivity index (χ2n) is 4.92. The van der Waals surface area contributed by atoms with Crippen LogP contribution < -0.4 is 5.32 Å². The molecular formula is C13H16ClN5O2. The lowest BCUT2D eigenvalue weighted by Gasteiger charge is -2.24. The molecule has 0 bridgehead atoms. The van der Waals surface area contributed by atoms with Crippen molar-refractivity contribution in [1.82, 2.24) is 25.4 Å². The van der Waals surface area contributed by atoms with Crippen molar-refractivity contribution in [2.75, 3.05) is 13.1 Å². The van der Waals surface area contributed by atoms with Crippen LogP contribution in [0.3, 0.4) is 0 Å². The highest BCUT2D eigenvalue weighted by Crippen LogP contribution is 2.23. The molecule has 2 aromatic heterocycles. The van der Waals surface area contributed by atoms with Crippen LogP contribution in [0.25, 0.3) is 11.4 Å². The summed E-state index contributed by atoms with van der Waals surface area (Å²) in [4.78, 5) is 12.1. The highest BCUT2D eigenvalue weighted by Gasteiger charge is 2.21. The fourth-order valence-electron chi connectivity index (χ4n) is 2.22. The van der Waals surface area contributed by atoms with E-state index in [1.54, 1.807) is 12.4 Å². The van der Waals surface area contributed by atoms with Crippen LogP contribution in [-0.4, -0.2) is 39.3 Å². The summed E-state index contributed by atoms with van der Waals surface area (Å²) in [5, 5.41) is 7.42. The number of nitrogens with one attached hydrogen (secondary N) is 1. The number of piperidine rings is 1. The largest absolute Gasteiger partial charge is 0.365 e. The third-order valence-electron chi connectivity index (χ3n) is 3.35. The van der Waals surface area contributed by atoms with Gasteiger partial charge in [0.25, 0.3) is 5.89 Å². The van der Waals surface area contributed by atoms with Gasteiger partial charge in [-0.05, 0) is 44.5 Å². The molecule has 1 aliphatic heterocycles. The Morgan fingerprint density at radius 2 is 2.05 bits per heavy atom. The summed E-state index contributed by atoms with van der Waals surface area (Å²) < 4.78 is 11.2. The van der Waals surface area contributed by atoms with E-state index in [9.17, 15) is 0 Å². The molecule has 0 aliphatic carbocycles. The van der Waals surface area contributed by atoms with Gasteiger partial charge >= 0.3 is 0 Å². The highest BCUT2D eigenvalue weighted by atomic mass is 35.5. The number of ether oxygens (including phenoxy) is 1. The quantitative estimate of drug-likeness (QED) is 0.864. The number of hydrogen-bond donors (Lipinski definition) is 1. The fraction of sp³-hybridized carbons (Fsp3) is 0.538. The summed E-state index contributed by atoms with van der Waals surface area (Å²) in [5.74, 6) is 0.890. The molecule has 0 radical (unpaired) electrons. The summed E-state index contributed by atoms with van der Waals surface area (Å²) in [6, 6.07) is 0. The molecule has 1 fully saturated rings. The van der Waals surface area contributed by atoms with Crippen LogP contribution in [0.5, 0.6) is 0 Å². The maximum absolute atomic E-state index is 5.96. The van der Waals surface area contributed by atoms with Crippen molar-refractivity contribution < 1.29 is 9.26 Å². The Morgan fingerprint density at radius 1 is 1.33 bits per heavy atom. The molecule has 0 aromatic carbocycles. The summed E-state index contributed by atoms with van der Waals surface area (Å²) >= 11 is 5.65. The van der Waals surface area contributed by atoms with Gasteiger partial charge in [-0.3, -0.25) is 0 Å². The number of hydrogen-bond acceptors (Lipinski definition) is 7. The lowest BCUT2D eigenvalue weighted by Crippen LogP contribution is -2.33. The van der Waals surface area contributed by atoms with Crippen LogP contribution >= 0.6 is 11.6 Å². The van der Waals surface area contributed by atoms with Crippen molar-refractivity contribution in [2.24, 2.45) is 0 Å². The highest BCUT2D eigenvalue weighted by molar-refractivity contribution is 6.28. The van der Waals surface area contributed by atoms with Crippen LogP contribution in [-0.2, 0) is 4.74 Å². The van der Waals surface area contributed by atoms with E-state index in [4.69, 9.17) is 20.9 Å². The molecular weight excluding hydrogens is 294 g/mol. The zero-order valence-electron chi connectivity index (χ0n) is 11.6. The first-order valence-corrected chi connectivity index (χ1v) is 7.28. The van der Waals surface area contributed by atoms with Crippen molar-refractivity contribution >= 4 is 11.6 Å². The third kappa shape index (κ3) is 3.55. The van der Waals surface area contributed by atoms with Gasteiger partial charge in [0, 0.05) is 12.4 Å². The van der Waals surface area contributed by atoms with Crippen molar-refractivity contribution in [3.8, 4) is 11.4 Å². The molecule has 1 saturated heterocycles. The minimum atomic E-state index is -0.234. The first-order chi connectivity index (χ1) is 10.2. The summed E-state index contributed by atoms with van der Waals surface area (Å²) in [6.07, 6.45) is 5.11. The molecule has 7 nitrogen and oxygen atoms in total. The normalized spacial score (nSPS) is 17.8. The Hall–Kier alpha value is -1.57. The van der Waals surface area contributed by atoms with Gasteiger partial charge in [0.05, 0.1) is 11.7 Å². The monoisotopic (exact) mass is 309 g/mol. The molecule has 1 N–H and O–H groups in total. The van der Waals surface area contributed by atoms with E-state index in [1.165, 1.54) is 0 Å². The fourth-order valence-corrected chi connectivity index (χ4v) is 2.32. The Balaban J connectivity index is 1.67. The minimum absolute atomic E-state index is 0.185. The van der Waals surface area contributed by atoms with Gasteiger partial charge in [-0.15, -0.1) is 0 Å². The van der Waals surface area contributed by atoms with E-state index in [0.29, 0.717) is 17.3 Å². The van der Waals surface area contributed by atoms with E-state index in [1.807, 2.05) is 6.92 Å². The third-order valence-corrected chi connectivity index (χ3v) is 3.55. The van der Waals surface area contributed by atoms with Crippen molar-refractivity contribution in [3.05, 3.63) is 23.6 Å². The Morgan fingerprint density at radius 3 is 2.76 bits per heavy atom. The average Bonchev–Trinajstić information content (AvgIpc) is 2.99. The zero-order valence-corrected chi connectivity index (χ0v) is 12.4. The summed E-state index contributed by atoms with van der Waals surface area (Å²) in [6.45, 7) is 3.88. The molecule has 112 valence electrons. The van der Waals surface area contributed by atoms with Crippen LogP contribution in [0.1, 0.15) is 31.8 Å². The van der Waals surface area contributed by atoms with Gasteiger partial charge < -0.3 is 14.6 Å². The summed E-state index contributed by atoms with van der Waals surface area (Å²) in [7, 11) is 0. The lowest BCUT2D eigenvalue weighted by molar-refractivity contribution is -0.0326. The topological polar surface area (TPSA) is 86.0 Å². The lowest BCUT2D eigenvalue weighted by atomic mass is 10.1. The van der Waals surface area contributed by atoms with E-state index in [0.717, 1.165) is 25.9 Å². The van der Waals surface area contributed by atoms with Gasteiger partial charge in [-0.25, -0.2) is 9.97 Å². The minimum Gasteiger partial charge on any atom is -0.365 e. The van der Waals surface area contributed by atoms with Gasteiger partial charge in [-0.1, -0.05) is 5.16 Å². The van der Waals surface area contributed by atoms with Gasteiger partial charge in [0.1, 0.15) is 6.10 Å². The molecule has 8 heteroatoms. The maximum Gasteiger partial charge on any atom is 0.255 e. The predicted octanol–water partition coefficient (Wildman–Crippen LogP) is 2.01. The first-order valence-electron chi connectivity index (χ1n) is 6.90. The maximum atomic E-state index is 5.96. The van der Waals surface area contributed by atoms with Gasteiger partial charge in [0.2, 0.25) is 11.1 Å². The molecule has 2 aromatic rings. The molecule has 3 heterocycles. The second-order valence-corrected chi connectivity index (χ2v) is 5.26. The van der Waals surface area contributed by atoms with Crippen molar-refractivity contribution in [1.29, 1.82) is 0 Å². The van der Waals surface area contributed by atoms with E-state index < -0.39 is 0 Å². The predicted molar refractivity (Wildman–Crippen MR) is 75.7 cm³/mol. The summed E-state index contributed by atoms with van der Waals surface area (Å²) in [5.41, 5.74) is 0.656. The van der Waals surface area contributed by atoms with Crippen LogP contribution in [0, 0.1) is 0 Å². The molecule has 3 rings (SSSR count). The van der Waals surface area contributed by atoms with E-state index >= 15 is 0 Å². The molecule has 0 spiro atoms. The van der Waals surface area contributed by atoms with Crippen molar-refractivity contribution in [2.45, 2.75) is 32.0 Å². The van der Waals surface area contributed by atoms with Gasteiger partial charge in [-0.2, -0.15) is 4.98 Å². The van der Waals surface area contributed by atoms with Crippen LogP contribution in [0.15, 0.2) is 16.9 Å². The Bertz CT molecular complexity index is 583. The molecule has 0 unspecified atom stereocenters. The number of nitrogens with zero attached hydrogens (tertiary/aromatic N) is 4. The second kappa shape index (κ2) is 6.46. The molecule has 1 atom stereocenters. The SMILES string of the molecule is C[C@@H](OC1CCNCC1)c1nc(-c2cnc(Cl)nc2)no1. The Kier molecular flexibility index (Phi) is 4.42. The molecule has 21 heavy (non-hydrogen) atoms.